The van der Waals surface area contributed by atoms with Crippen molar-refractivity contribution < 1.29 is 13.6 Å². The number of ketones is 1. The molecule has 1 aromatic heterocycles. The zero-order valence-corrected chi connectivity index (χ0v) is 15.4. The van der Waals surface area contributed by atoms with Crippen LogP contribution in [0.4, 0.5) is 8.78 Å². The number of hydrogen-bond donors (Lipinski definition) is 0. The van der Waals surface area contributed by atoms with Crippen molar-refractivity contribution in [1.82, 2.24) is 9.78 Å². The van der Waals surface area contributed by atoms with Gasteiger partial charge in [0.15, 0.2) is 14.1 Å². The van der Waals surface area contributed by atoms with E-state index < -0.39 is 22.7 Å². The molecule has 0 amide bonds. The van der Waals surface area contributed by atoms with E-state index in [4.69, 9.17) is 12.2 Å². The van der Waals surface area contributed by atoms with E-state index in [-0.39, 0.29) is 5.56 Å². The molecule has 3 rings (SSSR count). The van der Waals surface area contributed by atoms with Gasteiger partial charge in [-0.15, -0.1) is 5.10 Å². The number of nitrogens with zero attached hydrogens (tertiary/aromatic N) is 2. The summed E-state index contributed by atoms with van der Waals surface area (Å²) in [6, 6.07) is 12.2. The van der Waals surface area contributed by atoms with E-state index in [2.05, 4.69) is 5.10 Å². The van der Waals surface area contributed by atoms with E-state index in [9.17, 15) is 13.6 Å². The van der Waals surface area contributed by atoms with Crippen molar-refractivity contribution in [1.29, 1.82) is 0 Å². The molecule has 0 saturated heterocycles. The standard InChI is InChI=1S/C17H12F2N2OS3/c1-10(15(22)13-9-11(18)7-8-14(13)19)24-16-20-21(17(23)25-16)12-5-3-2-4-6-12/h2-10H,1H3. The molecular weight excluding hydrogens is 382 g/mol. The van der Waals surface area contributed by atoms with Crippen molar-refractivity contribution in [3.8, 4) is 5.69 Å². The molecule has 2 aromatic carbocycles. The molecule has 8 heteroatoms. The Hall–Kier alpha value is -1.90. The van der Waals surface area contributed by atoms with Gasteiger partial charge in [-0.1, -0.05) is 41.3 Å². The fourth-order valence-corrected chi connectivity index (χ4v) is 4.72. The van der Waals surface area contributed by atoms with Gasteiger partial charge in [-0.25, -0.2) is 13.5 Å². The lowest BCUT2D eigenvalue weighted by Crippen LogP contribution is -2.15. The van der Waals surface area contributed by atoms with Crippen molar-refractivity contribution in [2.45, 2.75) is 16.5 Å². The molecule has 0 fully saturated rings. The summed E-state index contributed by atoms with van der Waals surface area (Å²) in [5, 5.41) is 3.79. The number of rotatable bonds is 5. The molecule has 0 aliphatic rings. The summed E-state index contributed by atoms with van der Waals surface area (Å²) in [6.45, 7) is 1.63. The highest BCUT2D eigenvalue weighted by molar-refractivity contribution is 8.02. The largest absolute Gasteiger partial charge is 0.293 e. The summed E-state index contributed by atoms with van der Waals surface area (Å²) < 4.78 is 29.8. The zero-order valence-electron chi connectivity index (χ0n) is 13.0. The minimum atomic E-state index is -0.735. The van der Waals surface area contributed by atoms with Crippen LogP contribution in [0, 0.1) is 15.6 Å². The molecule has 0 N–H and O–H groups in total. The number of thioether (sulfide) groups is 1. The van der Waals surface area contributed by atoms with E-state index in [1.165, 1.54) is 23.1 Å². The number of carbonyl (C=O) groups excluding carboxylic acids is 1. The third-order valence-electron chi connectivity index (χ3n) is 3.37. The molecule has 25 heavy (non-hydrogen) atoms. The first-order valence-electron chi connectivity index (χ1n) is 7.27. The Morgan fingerprint density at radius 2 is 1.96 bits per heavy atom. The maximum Gasteiger partial charge on any atom is 0.184 e. The first-order valence-corrected chi connectivity index (χ1v) is 9.37. The topological polar surface area (TPSA) is 34.9 Å². The summed E-state index contributed by atoms with van der Waals surface area (Å²) in [6.07, 6.45) is 0. The Morgan fingerprint density at radius 1 is 1.24 bits per heavy atom. The van der Waals surface area contributed by atoms with Crippen molar-refractivity contribution in [3.05, 3.63) is 69.7 Å². The summed E-state index contributed by atoms with van der Waals surface area (Å²) >= 11 is 7.75. The Labute approximate surface area is 156 Å². The van der Waals surface area contributed by atoms with Gasteiger partial charge in [0, 0.05) is 0 Å². The van der Waals surface area contributed by atoms with Crippen LogP contribution in [0.5, 0.6) is 0 Å². The van der Waals surface area contributed by atoms with Crippen LogP contribution in [0.15, 0.2) is 52.9 Å². The molecule has 0 aliphatic heterocycles. The van der Waals surface area contributed by atoms with E-state index in [0.717, 1.165) is 23.9 Å². The lowest BCUT2D eigenvalue weighted by atomic mass is 10.1. The van der Waals surface area contributed by atoms with Crippen molar-refractivity contribution in [2.24, 2.45) is 0 Å². The van der Waals surface area contributed by atoms with Crippen LogP contribution < -0.4 is 0 Å². The van der Waals surface area contributed by atoms with Crippen LogP contribution in [-0.2, 0) is 0 Å². The summed E-state index contributed by atoms with van der Waals surface area (Å²) in [5.74, 6) is -1.87. The average molecular weight is 394 g/mol. The molecule has 3 aromatic rings. The Bertz CT molecular complexity index is 970. The Balaban J connectivity index is 1.82. The number of benzene rings is 2. The minimum Gasteiger partial charge on any atom is -0.293 e. The fourth-order valence-electron chi connectivity index (χ4n) is 2.15. The highest BCUT2D eigenvalue weighted by Crippen LogP contribution is 2.30. The molecule has 0 aliphatic carbocycles. The van der Waals surface area contributed by atoms with Gasteiger partial charge in [0.2, 0.25) is 0 Å². The first-order chi connectivity index (χ1) is 12.0. The smallest absolute Gasteiger partial charge is 0.184 e. The predicted octanol–water partition coefficient (Wildman–Crippen LogP) is 5.30. The number of para-hydroxylation sites is 1. The fraction of sp³-hybridized carbons (Fsp3) is 0.118. The molecule has 0 radical (unpaired) electrons. The van der Waals surface area contributed by atoms with E-state index >= 15 is 0 Å². The summed E-state index contributed by atoms with van der Waals surface area (Å²) in [4.78, 5) is 12.4. The number of aromatic nitrogens is 2. The molecular formula is C17H12F2N2OS3. The maximum atomic E-state index is 13.8. The van der Waals surface area contributed by atoms with Crippen molar-refractivity contribution in [3.63, 3.8) is 0 Å². The van der Waals surface area contributed by atoms with Gasteiger partial charge in [0.05, 0.1) is 16.5 Å². The lowest BCUT2D eigenvalue weighted by molar-refractivity contribution is 0.0989. The van der Waals surface area contributed by atoms with Gasteiger partial charge in [-0.05, 0) is 49.5 Å². The van der Waals surface area contributed by atoms with Gasteiger partial charge < -0.3 is 0 Å². The van der Waals surface area contributed by atoms with E-state index in [1.807, 2.05) is 30.3 Å². The predicted molar refractivity (Wildman–Crippen MR) is 98.3 cm³/mol. The van der Waals surface area contributed by atoms with Crippen LogP contribution in [0.25, 0.3) is 5.69 Å². The SMILES string of the molecule is CC(Sc1nn(-c2ccccc2)c(=S)s1)C(=O)c1cc(F)ccc1F. The minimum absolute atomic E-state index is 0.258. The van der Waals surface area contributed by atoms with Gasteiger partial charge in [-0.3, -0.25) is 4.79 Å². The first kappa shape index (κ1) is 17.9. The van der Waals surface area contributed by atoms with Crippen LogP contribution in [0.2, 0.25) is 0 Å². The lowest BCUT2D eigenvalue weighted by Gasteiger charge is -2.09. The average Bonchev–Trinajstić information content (AvgIpc) is 2.97. The number of carbonyl (C=O) groups is 1. The molecule has 0 bridgehead atoms. The summed E-state index contributed by atoms with van der Waals surface area (Å²) in [7, 11) is 0. The van der Waals surface area contributed by atoms with Gasteiger partial charge in [-0.2, -0.15) is 0 Å². The van der Waals surface area contributed by atoms with E-state index in [1.54, 1.807) is 11.6 Å². The highest BCUT2D eigenvalue weighted by Gasteiger charge is 2.22. The second kappa shape index (κ2) is 7.55. The third-order valence-corrected chi connectivity index (χ3v) is 5.79. The second-order valence-corrected chi connectivity index (χ2v) is 8.34. The third kappa shape index (κ3) is 4.02. The van der Waals surface area contributed by atoms with Gasteiger partial charge in [0.1, 0.15) is 11.6 Å². The van der Waals surface area contributed by atoms with E-state index in [0.29, 0.717) is 8.29 Å². The maximum absolute atomic E-state index is 13.8. The zero-order chi connectivity index (χ0) is 18.0. The Kier molecular flexibility index (Phi) is 5.41. The second-order valence-electron chi connectivity index (χ2n) is 5.13. The molecule has 1 atom stereocenters. The molecule has 0 saturated carbocycles. The molecule has 1 unspecified atom stereocenters. The molecule has 1 heterocycles. The van der Waals surface area contributed by atoms with Gasteiger partial charge in [0.25, 0.3) is 0 Å². The van der Waals surface area contributed by atoms with Crippen LogP contribution >= 0.6 is 35.3 Å². The summed E-state index contributed by atoms with van der Waals surface area (Å²) in [5.41, 5.74) is 0.567. The number of hydrogen-bond acceptors (Lipinski definition) is 5. The monoisotopic (exact) mass is 394 g/mol. The molecule has 3 nitrogen and oxygen atoms in total. The van der Waals surface area contributed by atoms with Crippen LogP contribution in [-0.4, -0.2) is 20.8 Å². The molecule has 0 spiro atoms. The molecule has 128 valence electrons. The van der Waals surface area contributed by atoms with Crippen molar-refractivity contribution in [2.75, 3.05) is 0 Å². The van der Waals surface area contributed by atoms with Gasteiger partial charge >= 0.3 is 0 Å². The quantitative estimate of drug-likeness (QED) is 0.334. The van der Waals surface area contributed by atoms with Crippen LogP contribution in [0.1, 0.15) is 17.3 Å². The Morgan fingerprint density at radius 3 is 2.68 bits per heavy atom. The van der Waals surface area contributed by atoms with Crippen molar-refractivity contribution >= 4 is 41.1 Å². The number of halogens is 2. The normalized spacial score (nSPS) is 12.1. The number of Topliss-reactive ketones (excluding diaryl/α,β-unsaturated/α-hetero) is 1. The highest BCUT2D eigenvalue weighted by atomic mass is 32.2. The van der Waals surface area contributed by atoms with Crippen LogP contribution in [0.3, 0.4) is 0 Å².